The van der Waals surface area contributed by atoms with Crippen LogP contribution in [0.15, 0.2) is 41.3 Å². The smallest absolute Gasteiger partial charge is 0.272 e. The minimum absolute atomic E-state index is 0.0545. The van der Waals surface area contributed by atoms with E-state index in [1.54, 1.807) is 25.3 Å². The molecule has 1 aromatic carbocycles. The van der Waals surface area contributed by atoms with Crippen molar-refractivity contribution in [3.63, 3.8) is 0 Å². The lowest BCUT2D eigenvalue weighted by Gasteiger charge is -2.07. The number of aromatic nitrogens is 1. The number of nitro groups is 1. The molecule has 92 valence electrons. The SMILES string of the molecule is Cc1ccn(-c2ccc([N+](=O)[O-])c(C)c2)c(=O)c1. The zero-order chi connectivity index (χ0) is 13.3. The first-order chi connectivity index (χ1) is 8.49. The Labute approximate surface area is 103 Å². The molecule has 1 aromatic heterocycles. The Morgan fingerprint density at radius 2 is 1.89 bits per heavy atom. The van der Waals surface area contributed by atoms with Gasteiger partial charge in [-0.05, 0) is 37.6 Å². The van der Waals surface area contributed by atoms with E-state index in [0.717, 1.165) is 5.56 Å². The highest BCUT2D eigenvalue weighted by molar-refractivity contribution is 5.47. The lowest BCUT2D eigenvalue weighted by Crippen LogP contribution is -2.16. The van der Waals surface area contributed by atoms with E-state index in [-0.39, 0.29) is 11.2 Å². The predicted molar refractivity (Wildman–Crippen MR) is 68.2 cm³/mol. The summed E-state index contributed by atoms with van der Waals surface area (Å²) in [6.45, 7) is 3.49. The zero-order valence-corrected chi connectivity index (χ0v) is 10.1. The van der Waals surface area contributed by atoms with Gasteiger partial charge >= 0.3 is 0 Å². The van der Waals surface area contributed by atoms with Crippen LogP contribution in [-0.4, -0.2) is 9.49 Å². The maximum absolute atomic E-state index is 11.8. The van der Waals surface area contributed by atoms with Crippen molar-refractivity contribution in [2.75, 3.05) is 0 Å². The van der Waals surface area contributed by atoms with Gasteiger partial charge in [0.05, 0.1) is 4.92 Å². The van der Waals surface area contributed by atoms with E-state index >= 15 is 0 Å². The Morgan fingerprint density at radius 3 is 2.44 bits per heavy atom. The standard InChI is InChI=1S/C13H12N2O3/c1-9-5-6-14(13(16)7-9)11-3-4-12(15(17)18)10(2)8-11/h3-8H,1-2H3. The third-order valence-electron chi connectivity index (χ3n) is 2.73. The molecule has 0 atom stereocenters. The van der Waals surface area contributed by atoms with Crippen molar-refractivity contribution in [3.05, 3.63) is 68.1 Å². The summed E-state index contributed by atoms with van der Waals surface area (Å²) >= 11 is 0. The molecule has 18 heavy (non-hydrogen) atoms. The maximum Gasteiger partial charge on any atom is 0.272 e. The molecule has 0 unspecified atom stereocenters. The van der Waals surface area contributed by atoms with Crippen molar-refractivity contribution in [2.24, 2.45) is 0 Å². The van der Waals surface area contributed by atoms with Gasteiger partial charge in [-0.2, -0.15) is 0 Å². The van der Waals surface area contributed by atoms with Gasteiger partial charge in [-0.15, -0.1) is 0 Å². The van der Waals surface area contributed by atoms with Crippen LogP contribution in [0.25, 0.3) is 5.69 Å². The van der Waals surface area contributed by atoms with E-state index in [1.165, 1.54) is 16.7 Å². The second-order valence-corrected chi connectivity index (χ2v) is 4.14. The molecule has 0 fully saturated rings. The van der Waals surface area contributed by atoms with E-state index < -0.39 is 4.92 Å². The molecule has 0 aliphatic carbocycles. The van der Waals surface area contributed by atoms with Gasteiger partial charge in [0.15, 0.2) is 0 Å². The van der Waals surface area contributed by atoms with Crippen molar-refractivity contribution in [1.82, 2.24) is 4.57 Å². The molecule has 5 nitrogen and oxygen atoms in total. The first-order valence-corrected chi connectivity index (χ1v) is 5.44. The maximum atomic E-state index is 11.8. The summed E-state index contributed by atoms with van der Waals surface area (Å²) < 4.78 is 1.46. The summed E-state index contributed by atoms with van der Waals surface area (Å²) in [5.41, 5.74) is 1.95. The molecule has 2 aromatic rings. The van der Waals surface area contributed by atoms with Crippen molar-refractivity contribution in [3.8, 4) is 5.69 Å². The first-order valence-electron chi connectivity index (χ1n) is 5.44. The second kappa shape index (κ2) is 4.44. The third kappa shape index (κ3) is 2.15. The van der Waals surface area contributed by atoms with Crippen LogP contribution in [0.5, 0.6) is 0 Å². The Kier molecular flexibility index (Phi) is 2.97. The van der Waals surface area contributed by atoms with Crippen molar-refractivity contribution in [2.45, 2.75) is 13.8 Å². The quantitative estimate of drug-likeness (QED) is 0.601. The van der Waals surface area contributed by atoms with Gasteiger partial charge in [-0.1, -0.05) is 0 Å². The van der Waals surface area contributed by atoms with Gasteiger partial charge in [0.2, 0.25) is 0 Å². The molecule has 0 radical (unpaired) electrons. The average Bonchev–Trinajstić information content (AvgIpc) is 2.28. The van der Waals surface area contributed by atoms with Crippen molar-refractivity contribution >= 4 is 5.69 Å². The van der Waals surface area contributed by atoms with Crippen LogP contribution < -0.4 is 5.56 Å². The van der Waals surface area contributed by atoms with E-state index in [4.69, 9.17) is 0 Å². The molecule has 0 saturated heterocycles. The molecular weight excluding hydrogens is 232 g/mol. The number of rotatable bonds is 2. The summed E-state index contributed by atoms with van der Waals surface area (Å²) in [4.78, 5) is 22.1. The predicted octanol–water partition coefficient (Wildman–Crippen LogP) is 2.36. The van der Waals surface area contributed by atoms with Crippen molar-refractivity contribution < 1.29 is 4.92 Å². The van der Waals surface area contributed by atoms with Gasteiger partial charge in [0.1, 0.15) is 0 Å². The van der Waals surface area contributed by atoms with Crippen LogP contribution in [0, 0.1) is 24.0 Å². The van der Waals surface area contributed by atoms with Crippen LogP contribution in [-0.2, 0) is 0 Å². The van der Waals surface area contributed by atoms with Crippen LogP contribution in [0.4, 0.5) is 5.69 Å². The Balaban J connectivity index is 2.56. The molecule has 2 rings (SSSR count). The van der Waals surface area contributed by atoms with Gasteiger partial charge in [-0.25, -0.2) is 0 Å². The molecular formula is C13H12N2O3. The lowest BCUT2D eigenvalue weighted by atomic mass is 10.1. The Hall–Kier alpha value is -2.43. The minimum Gasteiger partial charge on any atom is -0.284 e. The number of nitrogens with zero attached hydrogens (tertiary/aromatic N) is 2. The summed E-state index contributed by atoms with van der Waals surface area (Å²) in [5, 5.41) is 10.7. The second-order valence-electron chi connectivity index (χ2n) is 4.14. The fraction of sp³-hybridized carbons (Fsp3) is 0.154. The molecule has 0 amide bonds. The average molecular weight is 244 g/mol. The normalized spacial score (nSPS) is 10.3. The largest absolute Gasteiger partial charge is 0.284 e. The van der Waals surface area contributed by atoms with E-state index in [0.29, 0.717) is 11.3 Å². The summed E-state index contributed by atoms with van der Waals surface area (Å²) in [7, 11) is 0. The number of hydrogen-bond donors (Lipinski definition) is 0. The first kappa shape index (κ1) is 12.0. The highest BCUT2D eigenvalue weighted by Gasteiger charge is 2.11. The monoisotopic (exact) mass is 244 g/mol. The molecule has 0 bridgehead atoms. The topological polar surface area (TPSA) is 65.1 Å². The van der Waals surface area contributed by atoms with E-state index in [1.807, 2.05) is 13.0 Å². The Morgan fingerprint density at radius 1 is 1.17 bits per heavy atom. The molecule has 0 aliphatic rings. The van der Waals surface area contributed by atoms with Gasteiger partial charge in [-0.3, -0.25) is 19.5 Å². The highest BCUT2D eigenvalue weighted by atomic mass is 16.6. The summed E-state index contributed by atoms with van der Waals surface area (Å²) in [5.74, 6) is 0. The van der Waals surface area contributed by atoms with Gasteiger partial charge in [0, 0.05) is 29.6 Å². The summed E-state index contributed by atoms with van der Waals surface area (Å²) in [6.07, 6.45) is 1.66. The number of benzene rings is 1. The van der Waals surface area contributed by atoms with Crippen LogP contribution in [0.3, 0.4) is 0 Å². The number of aryl methyl sites for hydroxylation is 2. The zero-order valence-electron chi connectivity index (χ0n) is 10.1. The fourth-order valence-electron chi connectivity index (χ4n) is 1.79. The van der Waals surface area contributed by atoms with E-state index in [2.05, 4.69) is 0 Å². The van der Waals surface area contributed by atoms with E-state index in [9.17, 15) is 14.9 Å². The molecule has 0 spiro atoms. The summed E-state index contributed by atoms with van der Waals surface area (Å²) in [6, 6.07) is 7.96. The fourth-order valence-corrected chi connectivity index (χ4v) is 1.79. The van der Waals surface area contributed by atoms with Gasteiger partial charge in [0.25, 0.3) is 11.2 Å². The van der Waals surface area contributed by atoms with Crippen molar-refractivity contribution in [1.29, 1.82) is 0 Å². The molecule has 0 N–H and O–H groups in total. The van der Waals surface area contributed by atoms with Crippen LogP contribution in [0.1, 0.15) is 11.1 Å². The lowest BCUT2D eigenvalue weighted by molar-refractivity contribution is -0.385. The molecule has 1 heterocycles. The van der Waals surface area contributed by atoms with Gasteiger partial charge < -0.3 is 0 Å². The number of hydrogen-bond acceptors (Lipinski definition) is 3. The molecule has 0 saturated carbocycles. The molecule has 5 heteroatoms. The minimum atomic E-state index is -0.434. The number of nitro benzene ring substituents is 1. The van der Waals surface area contributed by atoms with Crippen LogP contribution in [0.2, 0.25) is 0 Å². The van der Waals surface area contributed by atoms with Crippen LogP contribution >= 0.6 is 0 Å². The molecule has 0 aliphatic heterocycles. The third-order valence-corrected chi connectivity index (χ3v) is 2.73. The Bertz CT molecular complexity index is 674. The highest BCUT2D eigenvalue weighted by Crippen LogP contribution is 2.20. The number of pyridine rings is 1.